The van der Waals surface area contributed by atoms with Gasteiger partial charge in [0, 0.05) is 12.8 Å². The van der Waals surface area contributed by atoms with Crippen LogP contribution in [-0.4, -0.2) is 24.7 Å². The van der Waals surface area contributed by atoms with E-state index in [2.05, 4.69) is 17.2 Å². The summed E-state index contributed by atoms with van der Waals surface area (Å²) >= 11 is 12.0. The molecule has 1 heterocycles. The summed E-state index contributed by atoms with van der Waals surface area (Å²) in [5.74, 6) is 0. The standard InChI is InChI=1S/C12H18Cl2N2O/c1-3-5-15-11(8-17-4-2)12-10(14)6-9(13)7-16-12/h6-7,11,15H,3-5,8H2,1-2H3. The maximum atomic E-state index is 6.14. The Bertz CT molecular complexity index is 339. The Kier molecular flexibility index (Phi) is 6.82. The van der Waals surface area contributed by atoms with Gasteiger partial charge in [0.15, 0.2) is 0 Å². The topological polar surface area (TPSA) is 34.1 Å². The predicted molar refractivity (Wildman–Crippen MR) is 71.8 cm³/mol. The number of nitrogens with one attached hydrogen (secondary N) is 1. The van der Waals surface area contributed by atoms with E-state index in [1.807, 2.05) is 6.92 Å². The summed E-state index contributed by atoms with van der Waals surface area (Å²) in [6.45, 7) is 6.22. The molecule has 0 saturated heterocycles. The van der Waals surface area contributed by atoms with Crippen LogP contribution in [0.1, 0.15) is 32.0 Å². The molecule has 3 nitrogen and oxygen atoms in total. The maximum Gasteiger partial charge on any atom is 0.0783 e. The molecule has 0 fully saturated rings. The van der Waals surface area contributed by atoms with Gasteiger partial charge >= 0.3 is 0 Å². The van der Waals surface area contributed by atoms with E-state index in [-0.39, 0.29) is 6.04 Å². The van der Waals surface area contributed by atoms with Crippen molar-refractivity contribution in [1.29, 1.82) is 0 Å². The molecule has 5 heteroatoms. The molecule has 1 rings (SSSR count). The SMILES string of the molecule is CCCNC(COCC)c1ncc(Cl)cc1Cl. The minimum Gasteiger partial charge on any atom is -0.380 e. The van der Waals surface area contributed by atoms with Crippen molar-refractivity contribution in [3.63, 3.8) is 0 Å². The number of pyridine rings is 1. The van der Waals surface area contributed by atoms with Crippen molar-refractivity contribution < 1.29 is 4.74 Å². The van der Waals surface area contributed by atoms with Crippen LogP contribution >= 0.6 is 23.2 Å². The highest BCUT2D eigenvalue weighted by atomic mass is 35.5. The maximum absolute atomic E-state index is 6.14. The summed E-state index contributed by atoms with van der Waals surface area (Å²) in [5.41, 5.74) is 0.790. The molecule has 0 bridgehead atoms. The van der Waals surface area contributed by atoms with E-state index in [4.69, 9.17) is 27.9 Å². The zero-order chi connectivity index (χ0) is 12.7. The smallest absolute Gasteiger partial charge is 0.0783 e. The molecular formula is C12H18Cl2N2O. The predicted octanol–water partition coefficient (Wildman–Crippen LogP) is 3.47. The van der Waals surface area contributed by atoms with Gasteiger partial charge in [-0.25, -0.2) is 0 Å². The van der Waals surface area contributed by atoms with E-state index in [0.29, 0.717) is 23.3 Å². The lowest BCUT2D eigenvalue weighted by molar-refractivity contribution is 0.122. The normalized spacial score (nSPS) is 12.7. The number of hydrogen-bond acceptors (Lipinski definition) is 3. The number of hydrogen-bond donors (Lipinski definition) is 1. The summed E-state index contributed by atoms with van der Waals surface area (Å²) in [7, 11) is 0. The van der Waals surface area contributed by atoms with Gasteiger partial charge in [-0.3, -0.25) is 4.98 Å². The minimum atomic E-state index is 0.0136. The largest absolute Gasteiger partial charge is 0.380 e. The third-order valence-electron chi connectivity index (χ3n) is 2.30. The number of rotatable bonds is 7. The lowest BCUT2D eigenvalue weighted by Crippen LogP contribution is -2.27. The first-order valence-electron chi connectivity index (χ1n) is 5.81. The average molecular weight is 277 g/mol. The molecule has 0 amide bonds. The Balaban J connectivity index is 2.79. The van der Waals surface area contributed by atoms with E-state index in [0.717, 1.165) is 18.7 Å². The molecule has 0 radical (unpaired) electrons. The van der Waals surface area contributed by atoms with Crippen LogP contribution in [0.25, 0.3) is 0 Å². The second-order valence-corrected chi connectivity index (χ2v) is 4.53. The molecule has 17 heavy (non-hydrogen) atoms. The van der Waals surface area contributed by atoms with Gasteiger partial charge in [-0.1, -0.05) is 30.1 Å². The summed E-state index contributed by atoms with van der Waals surface area (Å²) < 4.78 is 5.44. The Hall–Kier alpha value is -0.350. The van der Waals surface area contributed by atoms with Crippen LogP contribution in [0.3, 0.4) is 0 Å². The Morgan fingerprint density at radius 1 is 1.41 bits per heavy atom. The number of ether oxygens (including phenoxy) is 1. The molecule has 0 aliphatic rings. The van der Waals surface area contributed by atoms with Gasteiger partial charge in [-0.05, 0) is 26.0 Å². The van der Waals surface area contributed by atoms with Crippen LogP contribution in [0.2, 0.25) is 10.0 Å². The Morgan fingerprint density at radius 2 is 2.18 bits per heavy atom. The van der Waals surface area contributed by atoms with Crippen molar-refractivity contribution in [3.05, 3.63) is 28.0 Å². The second kappa shape index (κ2) is 7.88. The highest BCUT2D eigenvalue weighted by Crippen LogP contribution is 2.24. The van der Waals surface area contributed by atoms with Crippen LogP contribution in [0.15, 0.2) is 12.3 Å². The number of halogens is 2. The molecular weight excluding hydrogens is 259 g/mol. The summed E-state index contributed by atoms with van der Waals surface area (Å²) in [6, 6.07) is 1.72. The zero-order valence-electron chi connectivity index (χ0n) is 10.2. The summed E-state index contributed by atoms with van der Waals surface area (Å²) in [5, 5.41) is 4.49. The van der Waals surface area contributed by atoms with E-state index >= 15 is 0 Å². The number of aromatic nitrogens is 1. The molecule has 1 N–H and O–H groups in total. The first kappa shape index (κ1) is 14.7. The Labute approximate surface area is 112 Å². The Morgan fingerprint density at radius 3 is 2.76 bits per heavy atom. The van der Waals surface area contributed by atoms with Gasteiger partial charge in [-0.2, -0.15) is 0 Å². The molecule has 1 unspecified atom stereocenters. The van der Waals surface area contributed by atoms with Crippen molar-refractivity contribution in [2.45, 2.75) is 26.3 Å². The molecule has 1 atom stereocenters. The van der Waals surface area contributed by atoms with Crippen molar-refractivity contribution in [1.82, 2.24) is 10.3 Å². The number of nitrogens with zero attached hydrogens (tertiary/aromatic N) is 1. The minimum absolute atomic E-state index is 0.0136. The van der Waals surface area contributed by atoms with Crippen molar-refractivity contribution in [2.75, 3.05) is 19.8 Å². The fourth-order valence-corrected chi connectivity index (χ4v) is 1.98. The molecule has 0 aliphatic carbocycles. The van der Waals surface area contributed by atoms with E-state index < -0.39 is 0 Å². The highest BCUT2D eigenvalue weighted by Gasteiger charge is 2.16. The van der Waals surface area contributed by atoms with Crippen LogP contribution in [0, 0.1) is 0 Å². The van der Waals surface area contributed by atoms with Crippen molar-refractivity contribution >= 4 is 23.2 Å². The molecule has 0 saturated carbocycles. The lowest BCUT2D eigenvalue weighted by Gasteiger charge is -2.18. The average Bonchev–Trinajstić information content (AvgIpc) is 2.30. The third-order valence-corrected chi connectivity index (χ3v) is 2.81. The van der Waals surface area contributed by atoms with Crippen molar-refractivity contribution in [3.8, 4) is 0 Å². The van der Waals surface area contributed by atoms with Crippen LogP contribution in [0.5, 0.6) is 0 Å². The fraction of sp³-hybridized carbons (Fsp3) is 0.583. The van der Waals surface area contributed by atoms with E-state index in [1.54, 1.807) is 12.3 Å². The van der Waals surface area contributed by atoms with Crippen LogP contribution in [-0.2, 0) is 4.74 Å². The third kappa shape index (κ3) is 4.80. The quantitative estimate of drug-likeness (QED) is 0.828. The fourth-order valence-electron chi connectivity index (χ4n) is 1.47. The second-order valence-electron chi connectivity index (χ2n) is 3.69. The van der Waals surface area contributed by atoms with Crippen LogP contribution < -0.4 is 5.32 Å². The molecule has 1 aromatic rings. The van der Waals surface area contributed by atoms with Crippen LogP contribution in [0.4, 0.5) is 0 Å². The summed E-state index contributed by atoms with van der Waals surface area (Å²) in [6.07, 6.45) is 2.66. The zero-order valence-corrected chi connectivity index (χ0v) is 11.7. The monoisotopic (exact) mass is 276 g/mol. The molecule has 0 aliphatic heterocycles. The van der Waals surface area contributed by atoms with E-state index in [9.17, 15) is 0 Å². The van der Waals surface area contributed by atoms with Crippen molar-refractivity contribution in [2.24, 2.45) is 0 Å². The van der Waals surface area contributed by atoms with Gasteiger partial charge in [-0.15, -0.1) is 0 Å². The highest BCUT2D eigenvalue weighted by molar-refractivity contribution is 6.34. The summed E-state index contributed by atoms with van der Waals surface area (Å²) in [4.78, 5) is 4.28. The van der Waals surface area contributed by atoms with Gasteiger partial charge in [0.25, 0.3) is 0 Å². The first-order chi connectivity index (χ1) is 8.19. The van der Waals surface area contributed by atoms with E-state index in [1.165, 1.54) is 0 Å². The van der Waals surface area contributed by atoms with Gasteiger partial charge in [0.1, 0.15) is 0 Å². The molecule has 1 aromatic heterocycles. The molecule has 96 valence electrons. The molecule has 0 spiro atoms. The first-order valence-corrected chi connectivity index (χ1v) is 6.56. The van der Waals surface area contributed by atoms with Gasteiger partial charge in [0.2, 0.25) is 0 Å². The lowest BCUT2D eigenvalue weighted by atomic mass is 10.2. The molecule has 0 aromatic carbocycles. The van der Waals surface area contributed by atoms with Gasteiger partial charge in [0.05, 0.1) is 28.4 Å². The van der Waals surface area contributed by atoms with Gasteiger partial charge < -0.3 is 10.1 Å².